The lowest BCUT2D eigenvalue weighted by atomic mass is 10.0. The molecule has 0 unspecified atom stereocenters. The predicted molar refractivity (Wildman–Crippen MR) is 95.3 cm³/mol. The molecule has 0 saturated carbocycles. The number of rotatable bonds is 4. The van der Waals surface area contributed by atoms with Gasteiger partial charge in [0.05, 0.1) is 23.1 Å². The van der Waals surface area contributed by atoms with E-state index in [0.717, 1.165) is 10.0 Å². The number of hydrogen-bond acceptors (Lipinski definition) is 4. The number of halogens is 1. The first-order valence-corrected chi connectivity index (χ1v) is 8.31. The van der Waals surface area contributed by atoms with Crippen molar-refractivity contribution in [1.82, 2.24) is 9.97 Å². The van der Waals surface area contributed by atoms with Gasteiger partial charge in [-0.3, -0.25) is 4.79 Å². The number of benzene rings is 2. The smallest absolute Gasteiger partial charge is 0.338 e. The third-order valence-electron chi connectivity index (χ3n) is 3.59. The van der Waals surface area contributed by atoms with Crippen molar-refractivity contribution in [2.24, 2.45) is 0 Å². The fourth-order valence-electron chi connectivity index (χ4n) is 2.51. The van der Waals surface area contributed by atoms with E-state index >= 15 is 0 Å². The zero-order chi connectivity index (χ0) is 17.1. The number of nitrogens with zero attached hydrogens (tertiary/aromatic N) is 1. The maximum absolute atomic E-state index is 12.3. The van der Waals surface area contributed by atoms with E-state index in [9.17, 15) is 9.59 Å². The van der Waals surface area contributed by atoms with Crippen LogP contribution in [0.2, 0.25) is 0 Å². The molecule has 122 valence electrons. The lowest BCUT2D eigenvalue weighted by Crippen LogP contribution is -2.14. The first-order chi connectivity index (χ1) is 11.6. The molecule has 2 aromatic carbocycles. The Balaban J connectivity index is 2.00. The molecule has 0 radical (unpaired) electrons. The molecule has 5 nitrogen and oxygen atoms in total. The Bertz CT molecular complexity index is 966. The van der Waals surface area contributed by atoms with Crippen molar-refractivity contribution >= 4 is 32.8 Å². The zero-order valence-corrected chi connectivity index (χ0v) is 14.6. The molecule has 0 spiro atoms. The topological polar surface area (TPSA) is 72.0 Å². The average Bonchev–Trinajstić information content (AvgIpc) is 2.56. The van der Waals surface area contributed by atoms with Crippen LogP contribution in [0.4, 0.5) is 0 Å². The van der Waals surface area contributed by atoms with Crippen molar-refractivity contribution < 1.29 is 9.53 Å². The third-order valence-corrected chi connectivity index (χ3v) is 4.08. The molecule has 1 heterocycles. The minimum Gasteiger partial charge on any atom is -0.462 e. The molecular formula is C18H15BrN2O3. The van der Waals surface area contributed by atoms with E-state index in [-0.39, 0.29) is 11.5 Å². The maximum Gasteiger partial charge on any atom is 0.338 e. The fraction of sp³-hybridized carbons (Fsp3) is 0.167. The van der Waals surface area contributed by atoms with Crippen LogP contribution in [-0.2, 0) is 11.2 Å². The van der Waals surface area contributed by atoms with Gasteiger partial charge in [-0.15, -0.1) is 0 Å². The number of aromatic nitrogens is 2. The Morgan fingerprint density at radius 2 is 2.04 bits per heavy atom. The van der Waals surface area contributed by atoms with Crippen molar-refractivity contribution in [2.75, 3.05) is 6.61 Å². The molecule has 1 N–H and O–H groups in total. The minimum atomic E-state index is -0.375. The highest BCUT2D eigenvalue weighted by atomic mass is 79.9. The summed E-state index contributed by atoms with van der Waals surface area (Å²) in [6, 6.07) is 12.5. The second-order valence-electron chi connectivity index (χ2n) is 5.23. The van der Waals surface area contributed by atoms with Gasteiger partial charge in [0.2, 0.25) is 0 Å². The van der Waals surface area contributed by atoms with Gasteiger partial charge in [0.25, 0.3) is 5.56 Å². The Morgan fingerprint density at radius 3 is 2.83 bits per heavy atom. The number of ether oxygens (including phenoxy) is 1. The van der Waals surface area contributed by atoms with Gasteiger partial charge >= 0.3 is 5.97 Å². The summed E-state index contributed by atoms with van der Waals surface area (Å²) in [6.07, 6.45) is 0.343. The summed E-state index contributed by atoms with van der Waals surface area (Å²) in [7, 11) is 0. The van der Waals surface area contributed by atoms with Crippen LogP contribution < -0.4 is 5.56 Å². The predicted octanol–water partition coefficient (Wildman–Crippen LogP) is 3.45. The van der Waals surface area contributed by atoms with Crippen LogP contribution in [0.25, 0.3) is 10.9 Å². The van der Waals surface area contributed by atoms with Crippen LogP contribution in [0.1, 0.15) is 28.7 Å². The van der Waals surface area contributed by atoms with E-state index in [0.29, 0.717) is 35.3 Å². The van der Waals surface area contributed by atoms with Gasteiger partial charge in [-0.25, -0.2) is 9.78 Å². The summed E-state index contributed by atoms with van der Waals surface area (Å²) in [6.45, 7) is 2.08. The van der Waals surface area contributed by atoms with Gasteiger partial charge in [0.1, 0.15) is 5.82 Å². The van der Waals surface area contributed by atoms with Gasteiger partial charge in [-0.2, -0.15) is 0 Å². The van der Waals surface area contributed by atoms with Crippen molar-refractivity contribution in [1.29, 1.82) is 0 Å². The number of carbonyl (C=O) groups excluding carboxylic acids is 1. The first-order valence-electron chi connectivity index (χ1n) is 7.52. The number of H-pyrrole nitrogens is 1. The molecule has 0 aliphatic rings. The van der Waals surface area contributed by atoms with E-state index in [2.05, 4.69) is 25.9 Å². The molecule has 0 fully saturated rings. The molecule has 1 aromatic heterocycles. The standard InChI is InChI=1S/C18H15BrN2O3/c1-2-24-18(23)13-6-4-3-5-11(13)9-16-20-15-8-7-12(19)10-14(15)17(22)21-16/h3-8,10H,2,9H2,1H3,(H,20,21,22). The molecule has 0 bridgehead atoms. The van der Waals surface area contributed by atoms with Crippen molar-refractivity contribution in [3.05, 3.63) is 74.2 Å². The maximum atomic E-state index is 12.3. The van der Waals surface area contributed by atoms with Gasteiger partial charge in [0.15, 0.2) is 0 Å². The summed E-state index contributed by atoms with van der Waals surface area (Å²) in [5, 5.41) is 0.520. The Hall–Kier alpha value is -2.47. The number of aromatic amines is 1. The molecule has 24 heavy (non-hydrogen) atoms. The average molecular weight is 387 g/mol. The SMILES string of the molecule is CCOC(=O)c1ccccc1Cc1nc2ccc(Br)cc2c(=O)[nH]1. The van der Waals surface area contributed by atoms with Gasteiger partial charge in [-0.1, -0.05) is 34.1 Å². The summed E-state index contributed by atoms with van der Waals surface area (Å²) in [4.78, 5) is 31.6. The van der Waals surface area contributed by atoms with Crippen LogP contribution in [0.15, 0.2) is 51.7 Å². The normalized spacial score (nSPS) is 10.8. The van der Waals surface area contributed by atoms with Gasteiger partial charge in [-0.05, 0) is 36.8 Å². The van der Waals surface area contributed by atoms with E-state index < -0.39 is 0 Å². The number of carbonyl (C=O) groups is 1. The van der Waals surface area contributed by atoms with E-state index in [1.54, 1.807) is 31.2 Å². The van der Waals surface area contributed by atoms with E-state index in [4.69, 9.17) is 4.74 Å². The summed E-state index contributed by atoms with van der Waals surface area (Å²) < 4.78 is 5.90. The number of hydrogen-bond donors (Lipinski definition) is 1. The van der Waals surface area contributed by atoms with Crippen LogP contribution in [-0.4, -0.2) is 22.5 Å². The summed E-state index contributed by atoms with van der Waals surface area (Å²) >= 11 is 3.35. The lowest BCUT2D eigenvalue weighted by Gasteiger charge is -2.09. The second-order valence-corrected chi connectivity index (χ2v) is 6.14. The van der Waals surface area contributed by atoms with Crippen LogP contribution in [0, 0.1) is 0 Å². The minimum absolute atomic E-state index is 0.204. The molecule has 0 aliphatic heterocycles. The zero-order valence-electron chi connectivity index (χ0n) is 13.0. The van der Waals surface area contributed by atoms with Crippen molar-refractivity contribution in [2.45, 2.75) is 13.3 Å². The first kappa shape index (κ1) is 16.4. The molecule has 0 amide bonds. The number of fused-ring (bicyclic) bond motifs is 1. The largest absolute Gasteiger partial charge is 0.462 e. The summed E-state index contributed by atoms with van der Waals surface area (Å²) in [5.74, 6) is 0.131. The molecule has 0 saturated heterocycles. The Morgan fingerprint density at radius 1 is 1.25 bits per heavy atom. The van der Waals surface area contributed by atoms with Crippen molar-refractivity contribution in [3.63, 3.8) is 0 Å². The molecule has 0 atom stereocenters. The highest BCUT2D eigenvalue weighted by Gasteiger charge is 2.13. The van der Waals surface area contributed by atoms with Gasteiger partial charge < -0.3 is 9.72 Å². The van der Waals surface area contributed by atoms with Crippen LogP contribution in [0.3, 0.4) is 0 Å². The Kier molecular flexibility index (Phi) is 4.76. The van der Waals surface area contributed by atoms with Crippen LogP contribution >= 0.6 is 15.9 Å². The highest BCUT2D eigenvalue weighted by Crippen LogP contribution is 2.17. The van der Waals surface area contributed by atoms with E-state index in [1.165, 1.54) is 0 Å². The van der Waals surface area contributed by atoms with Crippen LogP contribution in [0.5, 0.6) is 0 Å². The number of esters is 1. The molecule has 3 aromatic rings. The quantitative estimate of drug-likeness (QED) is 0.696. The highest BCUT2D eigenvalue weighted by molar-refractivity contribution is 9.10. The van der Waals surface area contributed by atoms with Crippen molar-refractivity contribution in [3.8, 4) is 0 Å². The second kappa shape index (κ2) is 6.97. The lowest BCUT2D eigenvalue weighted by molar-refractivity contribution is 0.0525. The molecule has 6 heteroatoms. The monoisotopic (exact) mass is 386 g/mol. The fourth-order valence-corrected chi connectivity index (χ4v) is 2.87. The molecular weight excluding hydrogens is 372 g/mol. The van der Waals surface area contributed by atoms with Gasteiger partial charge in [0, 0.05) is 10.9 Å². The summed E-state index contributed by atoms with van der Waals surface area (Å²) in [5.41, 5.74) is 1.66. The molecule has 3 rings (SSSR count). The molecule has 0 aliphatic carbocycles. The van der Waals surface area contributed by atoms with E-state index in [1.807, 2.05) is 18.2 Å². The third kappa shape index (κ3) is 3.38. The number of nitrogens with one attached hydrogen (secondary N) is 1. The Labute approximate surface area is 146 Å².